The topological polar surface area (TPSA) is 34.0 Å². The molecule has 0 bridgehead atoms. The molecule has 5 heteroatoms. The lowest BCUT2D eigenvalue weighted by Crippen LogP contribution is -2.26. The number of thiophene rings is 1. The maximum Gasteiger partial charge on any atom is 0.222 e. The molecular weight excluding hydrogens is 311 g/mol. The number of carbonyl (C=O) groups is 1. The summed E-state index contributed by atoms with van der Waals surface area (Å²) in [5.74, 6) is -0.347. The molecule has 1 aromatic carbocycles. The van der Waals surface area contributed by atoms with Crippen LogP contribution in [0, 0.1) is 5.82 Å². The van der Waals surface area contributed by atoms with Gasteiger partial charge in [-0.05, 0) is 41.3 Å². The smallest absolute Gasteiger partial charge is 0.222 e. The van der Waals surface area contributed by atoms with Crippen LogP contribution in [0.1, 0.15) is 22.9 Å². The Kier molecular flexibility index (Phi) is 4.88. The van der Waals surface area contributed by atoms with Crippen molar-refractivity contribution in [1.82, 2.24) is 9.88 Å². The van der Waals surface area contributed by atoms with E-state index in [4.69, 9.17) is 0 Å². The first-order valence-electron chi connectivity index (χ1n) is 7.39. The molecule has 2 heterocycles. The first-order valence-corrected chi connectivity index (χ1v) is 8.27. The minimum absolute atomic E-state index is 0.0543. The molecular formula is C18H17FN2OS. The van der Waals surface area contributed by atoms with Gasteiger partial charge in [-0.3, -0.25) is 4.79 Å². The van der Waals surface area contributed by atoms with Crippen molar-refractivity contribution in [2.75, 3.05) is 0 Å². The SMILES string of the molecule is O=C(C[C@@H](c1cccc(F)c1)n1cccc1)NCc1cccs1. The second-order valence-electron chi connectivity index (χ2n) is 5.26. The van der Waals surface area contributed by atoms with Crippen molar-refractivity contribution in [3.63, 3.8) is 0 Å². The number of rotatable bonds is 6. The second kappa shape index (κ2) is 7.24. The van der Waals surface area contributed by atoms with Crippen LogP contribution in [-0.4, -0.2) is 10.5 Å². The summed E-state index contributed by atoms with van der Waals surface area (Å²) >= 11 is 1.61. The minimum atomic E-state index is -0.293. The van der Waals surface area contributed by atoms with Crippen molar-refractivity contribution in [3.05, 3.63) is 82.6 Å². The van der Waals surface area contributed by atoms with Crippen LogP contribution in [0.4, 0.5) is 4.39 Å². The fourth-order valence-electron chi connectivity index (χ4n) is 2.51. The van der Waals surface area contributed by atoms with E-state index < -0.39 is 0 Å². The van der Waals surface area contributed by atoms with E-state index in [1.54, 1.807) is 17.4 Å². The molecule has 0 spiro atoms. The number of nitrogens with zero attached hydrogens (tertiary/aromatic N) is 1. The van der Waals surface area contributed by atoms with Gasteiger partial charge in [-0.1, -0.05) is 18.2 Å². The summed E-state index contributed by atoms with van der Waals surface area (Å²) in [6.45, 7) is 0.526. The van der Waals surface area contributed by atoms with Gasteiger partial charge in [0.05, 0.1) is 19.0 Å². The third-order valence-electron chi connectivity index (χ3n) is 3.64. The summed E-state index contributed by atoms with van der Waals surface area (Å²) in [6.07, 6.45) is 4.05. The predicted molar refractivity (Wildman–Crippen MR) is 89.8 cm³/mol. The van der Waals surface area contributed by atoms with E-state index >= 15 is 0 Å². The van der Waals surface area contributed by atoms with Gasteiger partial charge in [-0.25, -0.2) is 4.39 Å². The molecule has 1 N–H and O–H groups in total. The summed E-state index contributed by atoms with van der Waals surface area (Å²) in [5.41, 5.74) is 0.785. The van der Waals surface area contributed by atoms with Crippen LogP contribution >= 0.6 is 11.3 Å². The van der Waals surface area contributed by atoms with Crippen LogP contribution < -0.4 is 5.32 Å². The number of halogens is 1. The Bertz CT molecular complexity index is 753. The predicted octanol–water partition coefficient (Wildman–Crippen LogP) is 3.98. The Labute approximate surface area is 138 Å². The zero-order valence-corrected chi connectivity index (χ0v) is 13.3. The highest BCUT2D eigenvalue weighted by Crippen LogP contribution is 2.23. The zero-order valence-electron chi connectivity index (χ0n) is 12.5. The van der Waals surface area contributed by atoms with E-state index in [0.717, 1.165) is 10.4 Å². The van der Waals surface area contributed by atoms with Gasteiger partial charge < -0.3 is 9.88 Å². The normalized spacial score (nSPS) is 12.0. The highest BCUT2D eigenvalue weighted by Gasteiger charge is 2.17. The summed E-state index contributed by atoms with van der Waals surface area (Å²) in [7, 11) is 0. The molecule has 1 atom stereocenters. The number of amides is 1. The highest BCUT2D eigenvalue weighted by atomic mass is 32.1. The van der Waals surface area contributed by atoms with Crippen molar-refractivity contribution in [1.29, 1.82) is 0 Å². The van der Waals surface area contributed by atoms with Crippen molar-refractivity contribution >= 4 is 17.2 Å². The number of nitrogens with one attached hydrogen (secondary N) is 1. The van der Waals surface area contributed by atoms with E-state index in [2.05, 4.69) is 5.32 Å². The number of aromatic nitrogens is 1. The Morgan fingerprint density at radius 3 is 2.70 bits per heavy atom. The van der Waals surface area contributed by atoms with Gasteiger partial charge in [0.1, 0.15) is 5.82 Å². The number of hydrogen-bond acceptors (Lipinski definition) is 2. The standard InChI is InChI=1S/C18H17FN2OS/c19-15-6-3-5-14(11-15)17(21-8-1-2-9-21)12-18(22)20-13-16-7-4-10-23-16/h1-11,17H,12-13H2,(H,20,22)/t17-/m0/s1. The molecule has 0 fully saturated rings. The Morgan fingerprint density at radius 1 is 1.17 bits per heavy atom. The van der Waals surface area contributed by atoms with Crippen LogP contribution in [0.2, 0.25) is 0 Å². The average Bonchev–Trinajstić information content (AvgIpc) is 3.24. The lowest BCUT2D eigenvalue weighted by atomic mass is 10.0. The molecule has 0 saturated carbocycles. The molecule has 0 aliphatic carbocycles. The van der Waals surface area contributed by atoms with Crippen LogP contribution in [0.3, 0.4) is 0 Å². The molecule has 0 radical (unpaired) electrons. The molecule has 118 valence electrons. The fourth-order valence-corrected chi connectivity index (χ4v) is 3.16. The van der Waals surface area contributed by atoms with Gasteiger partial charge in [0.15, 0.2) is 0 Å². The van der Waals surface area contributed by atoms with Crippen LogP contribution in [0.5, 0.6) is 0 Å². The van der Waals surface area contributed by atoms with Crippen molar-refractivity contribution in [3.8, 4) is 0 Å². The maximum absolute atomic E-state index is 13.5. The quantitative estimate of drug-likeness (QED) is 0.729. The molecule has 3 aromatic rings. The molecule has 0 aliphatic rings. The van der Waals surface area contributed by atoms with Crippen molar-refractivity contribution < 1.29 is 9.18 Å². The van der Waals surface area contributed by atoms with Crippen LogP contribution in [-0.2, 0) is 11.3 Å². The average molecular weight is 328 g/mol. The maximum atomic E-state index is 13.5. The molecule has 2 aromatic heterocycles. The first-order chi connectivity index (χ1) is 11.2. The van der Waals surface area contributed by atoms with Gasteiger partial charge in [0.25, 0.3) is 0 Å². The summed E-state index contributed by atoms with van der Waals surface area (Å²) in [6, 6.07) is 13.9. The molecule has 0 aliphatic heterocycles. The first kappa shape index (κ1) is 15.5. The second-order valence-corrected chi connectivity index (χ2v) is 6.29. The summed E-state index contributed by atoms with van der Waals surface area (Å²) < 4.78 is 15.5. The Hall–Kier alpha value is -2.40. The van der Waals surface area contributed by atoms with Crippen molar-refractivity contribution in [2.45, 2.75) is 19.0 Å². The summed E-state index contributed by atoms with van der Waals surface area (Å²) in [5, 5.41) is 4.91. The molecule has 0 saturated heterocycles. The molecule has 0 unspecified atom stereocenters. The van der Waals surface area contributed by atoms with Gasteiger partial charge >= 0.3 is 0 Å². The number of benzene rings is 1. The van der Waals surface area contributed by atoms with Crippen LogP contribution in [0.25, 0.3) is 0 Å². The van der Waals surface area contributed by atoms with Gasteiger partial charge in [-0.15, -0.1) is 11.3 Å². The van der Waals surface area contributed by atoms with Crippen LogP contribution in [0.15, 0.2) is 66.3 Å². The van der Waals surface area contributed by atoms with Gasteiger partial charge in [0, 0.05) is 17.3 Å². The highest BCUT2D eigenvalue weighted by molar-refractivity contribution is 7.09. The minimum Gasteiger partial charge on any atom is -0.351 e. The zero-order chi connectivity index (χ0) is 16.1. The number of carbonyl (C=O) groups excluding carboxylic acids is 1. The van der Waals surface area contributed by atoms with E-state index in [1.807, 2.05) is 52.7 Å². The molecule has 3 nitrogen and oxygen atoms in total. The number of hydrogen-bond donors (Lipinski definition) is 1. The van der Waals surface area contributed by atoms with E-state index in [-0.39, 0.29) is 24.2 Å². The molecule has 1 amide bonds. The summed E-state index contributed by atoms with van der Waals surface area (Å²) in [4.78, 5) is 13.4. The third kappa shape index (κ3) is 4.07. The van der Waals surface area contributed by atoms with Gasteiger partial charge in [0.2, 0.25) is 5.91 Å². The van der Waals surface area contributed by atoms with E-state index in [9.17, 15) is 9.18 Å². The monoisotopic (exact) mass is 328 g/mol. The lowest BCUT2D eigenvalue weighted by Gasteiger charge is -2.19. The molecule has 3 rings (SSSR count). The fraction of sp³-hybridized carbons (Fsp3) is 0.167. The third-order valence-corrected chi connectivity index (χ3v) is 4.52. The Balaban J connectivity index is 1.72. The van der Waals surface area contributed by atoms with Crippen molar-refractivity contribution in [2.24, 2.45) is 0 Å². The van der Waals surface area contributed by atoms with E-state index in [0.29, 0.717) is 6.54 Å². The largest absolute Gasteiger partial charge is 0.351 e. The Morgan fingerprint density at radius 2 is 2.00 bits per heavy atom. The molecule has 23 heavy (non-hydrogen) atoms. The van der Waals surface area contributed by atoms with E-state index in [1.165, 1.54) is 12.1 Å². The lowest BCUT2D eigenvalue weighted by molar-refractivity contribution is -0.121. The van der Waals surface area contributed by atoms with Gasteiger partial charge in [-0.2, -0.15) is 0 Å².